The van der Waals surface area contributed by atoms with E-state index in [0.29, 0.717) is 6.54 Å². The zero-order valence-corrected chi connectivity index (χ0v) is 12.1. The molecule has 1 N–H and O–H groups in total. The summed E-state index contributed by atoms with van der Waals surface area (Å²) in [6.07, 6.45) is 2.51. The summed E-state index contributed by atoms with van der Waals surface area (Å²) in [4.78, 5) is 0. The van der Waals surface area contributed by atoms with Crippen LogP contribution in [0.3, 0.4) is 0 Å². The van der Waals surface area contributed by atoms with Crippen molar-refractivity contribution < 1.29 is 8.78 Å². The number of aryl methyl sites for hydroxylation is 1. The molecule has 1 aromatic carbocycles. The number of nitrogens with zero attached hydrogens (tertiary/aromatic N) is 2. The molecular weight excluding hydrogens is 284 g/mol. The highest BCUT2D eigenvalue weighted by Crippen LogP contribution is 2.28. The molecule has 20 heavy (non-hydrogen) atoms. The average Bonchev–Trinajstić information content (AvgIpc) is 2.82. The highest BCUT2D eigenvalue weighted by Gasteiger charge is 2.22. The van der Waals surface area contributed by atoms with Gasteiger partial charge < -0.3 is 5.32 Å². The Morgan fingerprint density at radius 1 is 1.35 bits per heavy atom. The number of aromatic nitrogens is 2. The van der Waals surface area contributed by atoms with Gasteiger partial charge in [0.2, 0.25) is 0 Å². The van der Waals surface area contributed by atoms with Gasteiger partial charge in [-0.3, -0.25) is 4.68 Å². The third-order valence-electron chi connectivity index (χ3n) is 3.10. The first-order valence-corrected chi connectivity index (χ1v) is 6.78. The molecule has 0 aliphatic carbocycles. The van der Waals surface area contributed by atoms with Crippen LogP contribution in [0.15, 0.2) is 24.4 Å². The van der Waals surface area contributed by atoms with Crippen LogP contribution in [0.5, 0.6) is 0 Å². The standard InChI is InChI=1S/C14H16ClF2N3/c1-3-5-18-14(13-4-6-19-20(13)2)9-7-12(17)10(15)8-11(9)16/h4,6-8,14,18H,3,5H2,1-2H3. The fraction of sp³-hybridized carbons (Fsp3) is 0.357. The van der Waals surface area contributed by atoms with Gasteiger partial charge in [-0.15, -0.1) is 0 Å². The monoisotopic (exact) mass is 299 g/mol. The van der Waals surface area contributed by atoms with Crippen LogP contribution in [-0.4, -0.2) is 16.3 Å². The van der Waals surface area contributed by atoms with Gasteiger partial charge in [-0.2, -0.15) is 5.10 Å². The van der Waals surface area contributed by atoms with Crippen LogP contribution in [0.25, 0.3) is 0 Å². The minimum atomic E-state index is -0.631. The van der Waals surface area contributed by atoms with E-state index >= 15 is 0 Å². The topological polar surface area (TPSA) is 29.9 Å². The summed E-state index contributed by atoms with van der Waals surface area (Å²) in [7, 11) is 1.76. The van der Waals surface area contributed by atoms with Crippen LogP contribution in [0.1, 0.15) is 30.6 Å². The summed E-state index contributed by atoms with van der Waals surface area (Å²) in [6.45, 7) is 2.69. The van der Waals surface area contributed by atoms with Gasteiger partial charge in [0, 0.05) is 18.8 Å². The predicted octanol–water partition coefficient (Wildman–Crippen LogP) is 3.44. The lowest BCUT2D eigenvalue weighted by Gasteiger charge is -2.20. The quantitative estimate of drug-likeness (QED) is 0.857. The van der Waals surface area contributed by atoms with Gasteiger partial charge in [-0.05, 0) is 31.2 Å². The Kier molecular flexibility index (Phi) is 4.73. The van der Waals surface area contributed by atoms with Crippen LogP contribution in [0.2, 0.25) is 5.02 Å². The van der Waals surface area contributed by atoms with Gasteiger partial charge in [-0.25, -0.2) is 8.78 Å². The van der Waals surface area contributed by atoms with Crippen molar-refractivity contribution in [2.75, 3.05) is 6.54 Å². The molecule has 0 spiro atoms. The second-order valence-electron chi connectivity index (χ2n) is 4.55. The fourth-order valence-corrected chi connectivity index (χ4v) is 2.24. The molecule has 1 heterocycles. The first kappa shape index (κ1) is 14.9. The maximum absolute atomic E-state index is 14.1. The van der Waals surface area contributed by atoms with E-state index in [1.165, 1.54) is 0 Å². The molecule has 1 atom stereocenters. The van der Waals surface area contributed by atoms with Crippen molar-refractivity contribution in [3.8, 4) is 0 Å². The second kappa shape index (κ2) is 6.33. The molecule has 2 rings (SSSR count). The third-order valence-corrected chi connectivity index (χ3v) is 3.39. The summed E-state index contributed by atoms with van der Waals surface area (Å²) in [5.74, 6) is -1.17. The van der Waals surface area contributed by atoms with Crippen LogP contribution >= 0.6 is 11.6 Å². The number of hydrogen-bond acceptors (Lipinski definition) is 2. The molecule has 3 nitrogen and oxygen atoms in total. The van der Waals surface area contributed by atoms with E-state index in [9.17, 15) is 8.78 Å². The largest absolute Gasteiger partial charge is 0.305 e. The molecular formula is C14H16ClF2N3. The van der Waals surface area contributed by atoms with Crippen molar-refractivity contribution in [1.29, 1.82) is 0 Å². The van der Waals surface area contributed by atoms with Gasteiger partial charge in [0.15, 0.2) is 0 Å². The molecule has 6 heteroatoms. The zero-order valence-electron chi connectivity index (χ0n) is 11.3. The minimum absolute atomic E-state index is 0.217. The normalized spacial score (nSPS) is 12.7. The number of benzene rings is 1. The molecule has 0 bridgehead atoms. The lowest BCUT2D eigenvalue weighted by Crippen LogP contribution is -2.26. The maximum Gasteiger partial charge on any atom is 0.142 e. The molecule has 0 fully saturated rings. The predicted molar refractivity (Wildman–Crippen MR) is 74.7 cm³/mol. The Hall–Kier alpha value is -1.46. The van der Waals surface area contributed by atoms with E-state index in [0.717, 1.165) is 24.2 Å². The van der Waals surface area contributed by atoms with Crippen LogP contribution in [-0.2, 0) is 7.05 Å². The Bertz CT molecular complexity index is 598. The summed E-state index contributed by atoms with van der Waals surface area (Å²) >= 11 is 5.60. The van der Waals surface area contributed by atoms with Crippen molar-refractivity contribution in [1.82, 2.24) is 15.1 Å². The zero-order chi connectivity index (χ0) is 14.7. The molecule has 2 aromatic rings. The lowest BCUT2D eigenvalue weighted by atomic mass is 10.0. The van der Waals surface area contributed by atoms with Crippen LogP contribution < -0.4 is 5.32 Å². The smallest absolute Gasteiger partial charge is 0.142 e. The van der Waals surface area contributed by atoms with E-state index in [4.69, 9.17) is 11.6 Å². The lowest BCUT2D eigenvalue weighted by molar-refractivity contribution is 0.512. The molecule has 0 radical (unpaired) electrons. The van der Waals surface area contributed by atoms with Crippen LogP contribution in [0, 0.1) is 11.6 Å². The van der Waals surface area contributed by atoms with Gasteiger partial charge in [0.1, 0.15) is 11.6 Å². The van der Waals surface area contributed by atoms with E-state index in [1.807, 2.05) is 6.92 Å². The minimum Gasteiger partial charge on any atom is -0.305 e. The van der Waals surface area contributed by atoms with Gasteiger partial charge >= 0.3 is 0 Å². The molecule has 0 saturated carbocycles. The SMILES string of the molecule is CCCNC(c1cc(F)c(Cl)cc1F)c1ccnn1C. The molecule has 1 unspecified atom stereocenters. The Balaban J connectivity index is 2.46. The molecule has 0 aliphatic heterocycles. The van der Waals surface area contributed by atoms with E-state index in [2.05, 4.69) is 10.4 Å². The summed E-state index contributed by atoms with van der Waals surface area (Å²) in [5, 5.41) is 7.06. The third kappa shape index (κ3) is 2.99. The molecule has 108 valence electrons. The van der Waals surface area contributed by atoms with Gasteiger partial charge in [0.05, 0.1) is 16.8 Å². The van der Waals surface area contributed by atoms with Crippen molar-refractivity contribution in [3.05, 3.63) is 52.3 Å². The van der Waals surface area contributed by atoms with Crippen molar-refractivity contribution in [2.24, 2.45) is 7.05 Å². The number of hydrogen-bond donors (Lipinski definition) is 1. The second-order valence-corrected chi connectivity index (χ2v) is 4.96. The Morgan fingerprint density at radius 3 is 2.70 bits per heavy atom. The fourth-order valence-electron chi connectivity index (χ4n) is 2.09. The van der Waals surface area contributed by atoms with E-state index < -0.39 is 17.7 Å². The summed E-state index contributed by atoms with van der Waals surface area (Å²) in [5.41, 5.74) is 0.989. The summed E-state index contributed by atoms with van der Waals surface area (Å²) < 4.78 is 29.4. The molecule has 0 amide bonds. The molecule has 1 aromatic heterocycles. The number of rotatable bonds is 5. The summed E-state index contributed by atoms with van der Waals surface area (Å²) in [6, 6.07) is 3.45. The maximum atomic E-state index is 14.1. The first-order valence-electron chi connectivity index (χ1n) is 6.40. The van der Waals surface area contributed by atoms with E-state index in [-0.39, 0.29) is 10.6 Å². The first-order chi connectivity index (χ1) is 9.54. The van der Waals surface area contributed by atoms with Gasteiger partial charge in [-0.1, -0.05) is 18.5 Å². The highest BCUT2D eigenvalue weighted by atomic mass is 35.5. The van der Waals surface area contributed by atoms with Crippen molar-refractivity contribution in [2.45, 2.75) is 19.4 Å². The highest BCUT2D eigenvalue weighted by molar-refractivity contribution is 6.30. The van der Waals surface area contributed by atoms with Crippen molar-refractivity contribution in [3.63, 3.8) is 0 Å². The van der Waals surface area contributed by atoms with Crippen LogP contribution in [0.4, 0.5) is 8.78 Å². The van der Waals surface area contributed by atoms with E-state index in [1.54, 1.807) is 24.0 Å². The average molecular weight is 300 g/mol. The molecule has 0 aliphatic rings. The Morgan fingerprint density at radius 2 is 2.10 bits per heavy atom. The van der Waals surface area contributed by atoms with Crippen molar-refractivity contribution >= 4 is 11.6 Å². The number of nitrogens with one attached hydrogen (secondary N) is 1. The molecule has 0 saturated heterocycles. The Labute approximate surface area is 121 Å². The number of halogens is 3. The van der Waals surface area contributed by atoms with Gasteiger partial charge in [0.25, 0.3) is 0 Å².